The topological polar surface area (TPSA) is 137 Å². The number of carbonyl (C=O) groups is 2. The Labute approximate surface area is 317 Å². The van der Waals surface area contributed by atoms with Gasteiger partial charge in [-0.15, -0.1) is 0 Å². The second kappa shape index (κ2) is 15.9. The number of anilines is 1. The summed E-state index contributed by atoms with van der Waals surface area (Å²) >= 11 is 0. The van der Waals surface area contributed by atoms with Crippen LogP contribution in [0.4, 0.5) is 14.9 Å². The van der Waals surface area contributed by atoms with E-state index in [1.165, 1.54) is 12.1 Å². The summed E-state index contributed by atoms with van der Waals surface area (Å²) < 4.78 is 43.7. The lowest BCUT2D eigenvalue weighted by Gasteiger charge is -2.51. The minimum absolute atomic E-state index is 0.0104. The standard InChI is InChI=1S/C41H53FN6O5S/c1-3-38-43-17-20-47(38)27-41(30-7-5-8-31(42)21-30,36-9-6-10-37(36)45-40(50)51)29-15-18-46(19-16-29)24-28-25-48(26-28)33-11-13-34(14-12-33)54(52,53)35-22-32(23-35)44-39(49)4-2/h4-5,7-8,11-14,17,20-21,28-29,32,35-37,45H,2-3,6,9-10,15-16,18-19,22-27H2,1H3,(H,44,49)(H,50,51)/t32?,35?,36-,37-,41-/m0/s1. The van der Waals surface area contributed by atoms with E-state index < -0.39 is 26.6 Å². The fraction of sp³-hybridized carbons (Fsp3) is 0.537. The second-order valence-corrected chi connectivity index (χ2v) is 18.1. The summed E-state index contributed by atoms with van der Waals surface area (Å²) in [4.78, 5) is 33.3. The first kappa shape index (κ1) is 38.1. The van der Waals surface area contributed by atoms with E-state index in [1.54, 1.807) is 24.3 Å². The number of hydrogen-bond donors (Lipinski definition) is 3. The highest BCUT2D eigenvalue weighted by molar-refractivity contribution is 7.92. The van der Waals surface area contributed by atoms with E-state index in [1.807, 2.05) is 30.6 Å². The number of carboxylic acid groups (broad SMARTS) is 1. The molecule has 11 nitrogen and oxygen atoms in total. The van der Waals surface area contributed by atoms with Crippen LogP contribution in [0.3, 0.4) is 0 Å². The molecule has 54 heavy (non-hydrogen) atoms. The highest BCUT2D eigenvalue weighted by Crippen LogP contribution is 2.52. The molecule has 2 aromatic carbocycles. The van der Waals surface area contributed by atoms with Crippen molar-refractivity contribution < 1.29 is 27.5 Å². The van der Waals surface area contributed by atoms with Crippen molar-refractivity contribution in [3.63, 3.8) is 0 Å². The van der Waals surface area contributed by atoms with Crippen LogP contribution in [-0.2, 0) is 33.0 Å². The van der Waals surface area contributed by atoms with Crippen molar-refractivity contribution in [2.45, 2.75) is 92.5 Å². The molecule has 3 N–H and O–H groups in total. The van der Waals surface area contributed by atoms with E-state index in [4.69, 9.17) is 0 Å². The van der Waals surface area contributed by atoms with E-state index >= 15 is 4.39 Å². The lowest BCUT2D eigenvalue weighted by Crippen LogP contribution is -2.56. The average Bonchev–Trinajstić information content (AvgIpc) is 3.79. The Morgan fingerprint density at radius 1 is 1.06 bits per heavy atom. The van der Waals surface area contributed by atoms with Crippen LogP contribution in [0.2, 0.25) is 0 Å². The lowest BCUT2D eigenvalue weighted by atomic mass is 9.58. The van der Waals surface area contributed by atoms with E-state index in [9.17, 15) is 23.1 Å². The minimum atomic E-state index is -3.46. The van der Waals surface area contributed by atoms with Crippen LogP contribution in [0.1, 0.15) is 63.3 Å². The minimum Gasteiger partial charge on any atom is -0.465 e. The summed E-state index contributed by atoms with van der Waals surface area (Å²) in [6, 6.07) is 13.9. The van der Waals surface area contributed by atoms with E-state index in [0.717, 1.165) is 88.3 Å². The van der Waals surface area contributed by atoms with Crippen LogP contribution < -0.4 is 15.5 Å². The highest BCUT2D eigenvalue weighted by atomic mass is 32.2. The quantitative estimate of drug-likeness (QED) is 0.186. The molecule has 0 bridgehead atoms. The SMILES string of the molecule is C=CC(=O)NC1CC(S(=O)(=O)c2ccc(N3CC(CN4CCC([C@@](Cn5ccnc5CC)(c5cccc(F)c5)[C@H]5CCC[C@@H]5NC(=O)O)CC4)C3)cc2)C1. The number of nitrogens with zero attached hydrogens (tertiary/aromatic N) is 4. The Morgan fingerprint density at radius 3 is 2.46 bits per heavy atom. The zero-order chi connectivity index (χ0) is 38.0. The number of rotatable bonds is 14. The number of likely N-dealkylation sites (tertiary alicyclic amines) is 1. The van der Waals surface area contributed by atoms with Crippen molar-refractivity contribution in [2.24, 2.45) is 17.8 Å². The maximum Gasteiger partial charge on any atom is 0.404 e. The van der Waals surface area contributed by atoms with Crippen molar-refractivity contribution in [1.29, 1.82) is 0 Å². The molecule has 1 aromatic heterocycles. The number of benzene rings is 2. The molecule has 7 rings (SSSR count). The maximum atomic E-state index is 15.1. The zero-order valence-electron chi connectivity index (χ0n) is 31.1. The highest BCUT2D eigenvalue weighted by Gasteiger charge is 2.52. The van der Waals surface area contributed by atoms with Crippen molar-refractivity contribution in [3.8, 4) is 0 Å². The van der Waals surface area contributed by atoms with Crippen LogP contribution in [-0.4, -0.2) is 90.0 Å². The molecule has 0 spiro atoms. The number of carbonyl (C=O) groups excluding carboxylic acids is 1. The third kappa shape index (κ3) is 7.66. The van der Waals surface area contributed by atoms with Gasteiger partial charge in [-0.3, -0.25) is 4.79 Å². The number of aromatic nitrogens is 2. The van der Waals surface area contributed by atoms with Gasteiger partial charge in [0.2, 0.25) is 5.91 Å². The molecule has 3 aromatic rings. The molecule has 2 saturated carbocycles. The van der Waals surface area contributed by atoms with E-state index in [2.05, 4.69) is 43.5 Å². The Kier molecular flexibility index (Phi) is 11.2. The molecule has 3 heterocycles. The van der Waals surface area contributed by atoms with Gasteiger partial charge in [-0.25, -0.2) is 22.6 Å². The number of amides is 2. The molecule has 2 saturated heterocycles. The fourth-order valence-electron chi connectivity index (χ4n) is 9.98. The number of aryl methyl sites for hydroxylation is 1. The van der Waals surface area contributed by atoms with Gasteiger partial charge in [-0.1, -0.05) is 32.1 Å². The van der Waals surface area contributed by atoms with Crippen LogP contribution in [0, 0.1) is 23.6 Å². The predicted molar refractivity (Wildman–Crippen MR) is 206 cm³/mol. The predicted octanol–water partition coefficient (Wildman–Crippen LogP) is 5.41. The van der Waals surface area contributed by atoms with Crippen molar-refractivity contribution in [2.75, 3.05) is 37.6 Å². The Morgan fingerprint density at radius 2 is 1.80 bits per heavy atom. The molecule has 0 unspecified atom stereocenters. The van der Waals surface area contributed by atoms with Gasteiger partial charge in [0.15, 0.2) is 9.84 Å². The third-order valence-corrected chi connectivity index (χ3v) is 15.0. The third-order valence-electron chi connectivity index (χ3n) is 12.8. The number of nitrogens with one attached hydrogen (secondary N) is 2. The lowest BCUT2D eigenvalue weighted by molar-refractivity contribution is -0.117. The van der Waals surface area contributed by atoms with Crippen LogP contribution in [0.15, 0.2) is 78.5 Å². The summed E-state index contributed by atoms with van der Waals surface area (Å²) in [7, 11) is -3.46. The summed E-state index contributed by atoms with van der Waals surface area (Å²) in [6.07, 6.45) is 10.1. The first-order valence-electron chi connectivity index (χ1n) is 19.5. The van der Waals surface area contributed by atoms with Gasteiger partial charge in [0.25, 0.3) is 0 Å². The molecular formula is C41H53FN6O5S. The number of halogens is 1. The Bertz CT molecular complexity index is 1920. The van der Waals surface area contributed by atoms with Crippen molar-refractivity contribution >= 4 is 27.5 Å². The molecular weight excluding hydrogens is 708 g/mol. The van der Waals surface area contributed by atoms with Crippen molar-refractivity contribution in [1.82, 2.24) is 25.1 Å². The van der Waals surface area contributed by atoms with Gasteiger partial charge in [0.05, 0.1) is 10.1 Å². The molecule has 4 aliphatic rings. The van der Waals surface area contributed by atoms with E-state index in [-0.39, 0.29) is 35.6 Å². The molecule has 2 aliphatic carbocycles. The number of sulfone groups is 1. The van der Waals surface area contributed by atoms with Gasteiger partial charge in [0.1, 0.15) is 11.6 Å². The maximum absolute atomic E-state index is 15.1. The summed E-state index contributed by atoms with van der Waals surface area (Å²) in [5.41, 5.74) is 1.47. The van der Waals surface area contributed by atoms with Crippen LogP contribution in [0.5, 0.6) is 0 Å². The number of imidazole rings is 1. The molecule has 4 fully saturated rings. The monoisotopic (exact) mass is 760 g/mol. The molecule has 2 amide bonds. The largest absolute Gasteiger partial charge is 0.465 e. The number of hydrogen-bond acceptors (Lipinski definition) is 7. The molecule has 0 radical (unpaired) electrons. The average molecular weight is 761 g/mol. The van der Waals surface area contributed by atoms with Gasteiger partial charge in [-0.05, 0) is 111 Å². The molecule has 2 aliphatic heterocycles. The van der Waals surface area contributed by atoms with Crippen molar-refractivity contribution in [3.05, 3.63) is 90.8 Å². The molecule has 290 valence electrons. The van der Waals surface area contributed by atoms with Gasteiger partial charge in [0, 0.05) is 74.1 Å². The summed E-state index contributed by atoms with van der Waals surface area (Å²) in [5, 5.41) is 15.0. The first-order chi connectivity index (χ1) is 26.0. The van der Waals surface area contributed by atoms with Gasteiger partial charge in [-0.2, -0.15) is 0 Å². The molecule has 13 heteroatoms. The first-order valence-corrected chi connectivity index (χ1v) is 21.0. The van der Waals surface area contributed by atoms with Gasteiger partial charge >= 0.3 is 6.09 Å². The second-order valence-electron chi connectivity index (χ2n) is 15.9. The Balaban J connectivity index is 1.00. The van der Waals surface area contributed by atoms with Crippen LogP contribution in [0.25, 0.3) is 0 Å². The smallest absolute Gasteiger partial charge is 0.404 e. The van der Waals surface area contributed by atoms with Crippen LogP contribution >= 0.6 is 0 Å². The summed E-state index contributed by atoms with van der Waals surface area (Å²) in [6.45, 7) is 10.8. The Hall–Kier alpha value is -4.23. The zero-order valence-corrected chi connectivity index (χ0v) is 31.9. The van der Waals surface area contributed by atoms with E-state index in [0.29, 0.717) is 30.2 Å². The van der Waals surface area contributed by atoms with Gasteiger partial charge < -0.3 is 30.1 Å². The fourth-order valence-corrected chi connectivity index (χ4v) is 11.9. The normalized spacial score (nSPS) is 25.0. The summed E-state index contributed by atoms with van der Waals surface area (Å²) in [5.74, 6) is 1.14. The number of piperidine rings is 1. The molecule has 3 atom stereocenters.